The maximum Gasteiger partial charge on any atom is 0.306 e. The first kappa shape index (κ1) is 75.6. The van der Waals surface area contributed by atoms with Gasteiger partial charge in [0.1, 0.15) is 13.2 Å². The minimum absolute atomic E-state index is 0.0764. The first-order chi connectivity index (χ1) is 39.0. The highest BCUT2D eigenvalue weighted by molar-refractivity contribution is 5.71. The van der Waals surface area contributed by atoms with Crippen LogP contribution in [-0.4, -0.2) is 37.2 Å². The number of carbonyl (C=O) groups excluding carboxylic acids is 3. The molecule has 0 bridgehead atoms. The van der Waals surface area contributed by atoms with Crippen LogP contribution in [0.5, 0.6) is 0 Å². The highest BCUT2D eigenvalue weighted by Crippen LogP contribution is 2.17. The van der Waals surface area contributed by atoms with Crippen LogP contribution in [-0.2, 0) is 28.6 Å². The summed E-state index contributed by atoms with van der Waals surface area (Å²) in [6, 6.07) is 0. The lowest BCUT2D eigenvalue weighted by Gasteiger charge is -2.18. The van der Waals surface area contributed by atoms with Crippen LogP contribution in [0.2, 0.25) is 0 Å². The van der Waals surface area contributed by atoms with E-state index in [1.54, 1.807) is 0 Å². The Morgan fingerprint density at radius 1 is 0.266 bits per heavy atom. The minimum atomic E-state index is -0.781. The molecule has 0 saturated carbocycles. The zero-order chi connectivity index (χ0) is 57.1. The number of carbonyl (C=O) groups is 3. The summed E-state index contributed by atoms with van der Waals surface area (Å²) < 4.78 is 17.0. The molecular weight excluding hydrogens is 973 g/mol. The van der Waals surface area contributed by atoms with Crippen molar-refractivity contribution in [2.75, 3.05) is 13.2 Å². The summed E-state index contributed by atoms with van der Waals surface area (Å²) in [5.74, 6) is -0.869. The van der Waals surface area contributed by atoms with Crippen molar-refractivity contribution in [3.63, 3.8) is 0 Å². The molecule has 0 fully saturated rings. The van der Waals surface area contributed by atoms with Crippen LogP contribution in [0.25, 0.3) is 0 Å². The van der Waals surface area contributed by atoms with Crippen LogP contribution >= 0.6 is 0 Å². The molecule has 0 saturated heterocycles. The molecule has 456 valence electrons. The Balaban J connectivity index is 4.31. The summed E-state index contributed by atoms with van der Waals surface area (Å²) in [6.45, 7) is 6.55. The van der Waals surface area contributed by atoms with Gasteiger partial charge in [0, 0.05) is 19.3 Å². The topological polar surface area (TPSA) is 78.9 Å². The van der Waals surface area contributed by atoms with Crippen molar-refractivity contribution in [3.8, 4) is 0 Å². The van der Waals surface area contributed by atoms with Crippen LogP contribution in [0.3, 0.4) is 0 Å². The quantitative estimate of drug-likeness (QED) is 0.0261. The second-order valence-corrected chi connectivity index (χ2v) is 22.7. The summed E-state index contributed by atoms with van der Waals surface area (Å²) in [4.78, 5) is 38.4. The lowest BCUT2D eigenvalue weighted by molar-refractivity contribution is -0.167. The fourth-order valence-electron chi connectivity index (χ4n) is 9.80. The summed E-state index contributed by atoms with van der Waals surface area (Å²) in [6.07, 6.45) is 88.8. The first-order valence-corrected chi connectivity index (χ1v) is 34.1. The molecule has 0 aliphatic rings. The smallest absolute Gasteiger partial charge is 0.306 e. The van der Waals surface area contributed by atoms with Gasteiger partial charge in [-0.15, -0.1) is 0 Å². The summed E-state index contributed by atoms with van der Waals surface area (Å²) in [5, 5.41) is 0. The van der Waals surface area contributed by atoms with Crippen molar-refractivity contribution in [3.05, 3.63) is 85.1 Å². The lowest BCUT2D eigenvalue weighted by Crippen LogP contribution is -2.30. The Morgan fingerprint density at radius 3 is 0.772 bits per heavy atom. The molecule has 0 rings (SSSR count). The fraction of sp³-hybridized carbons (Fsp3) is 0.767. The van der Waals surface area contributed by atoms with Crippen LogP contribution in [0.15, 0.2) is 85.1 Å². The molecule has 0 aromatic heterocycles. The number of hydrogen-bond donors (Lipinski definition) is 0. The molecule has 0 aliphatic carbocycles. The van der Waals surface area contributed by atoms with E-state index in [0.717, 1.165) is 103 Å². The second-order valence-electron chi connectivity index (χ2n) is 22.7. The molecule has 1 unspecified atom stereocenters. The monoisotopic (exact) mass is 1100 g/mol. The molecule has 0 aromatic carbocycles. The van der Waals surface area contributed by atoms with Crippen molar-refractivity contribution in [2.45, 2.75) is 348 Å². The van der Waals surface area contributed by atoms with Gasteiger partial charge in [-0.1, -0.05) is 311 Å². The Hall–Kier alpha value is -3.41. The van der Waals surface area contributed by atoms with Crippen molar-refractivity contribution in [1.29, 1.82) is 0 Å². The van der Waals surface area contributed by atoms with Crippen LogP contribution in [0.4, 0.5) is 0 Å². The predicted molar refractivity (Wildman–Crippen MR) is 344 cm³/mol. The molecule has 0 amide bonds. The first-order valence-electron chi connectivity index (χ1n) is 34.1. The fourth-order valence-corrected chi connectivity index (χ4v) is 9.80. The lowest BCUT2D eigenvalue weighted by atomic mass is 10.0. The Kier molecular flexibility index (Phi) is 64.2. The van der Waals surface area contributed by atoms with E-state index in [0.29, 0.717) is 19.3 Å². The number of allylic oxidation sites excluding steroid dienone is 14. The largest absolute Gasteiger partial charge is 0.462 e. The third-order valence-electron chi connectivity index (χ3n) is 14.9. The second kappa shape index (κ2) is 67.1. The van der Waals surface area contributed by atoms with Gasteiger partial charge in [-0.3, -0.25) is 14.4 Å². The highest BCUT2D eigenvalue weighted by Gasteiger charge is 2.19. The Bertz CT molecular complexity index is 1500. The van der Waals surface area contributed by atoms with E-state index in [-0.39, 0.29) is 31.1 Å². The molecule has 0 N–H and O–H groups in total. The Morgan fingerprint density at radius 2 is 0.494 bits per heavy atom. The number of esters is 3. The molecular formula is C73H128O6. The maximum absolute atomic E-state index is 12.9. The van der Waals surface area contributed by atoms with Crippen LogP contribution in [0.1, 0.15) is 342 Å². The van der Waals surface area contributed by atoms with Gasteiger partial charge >= 0.3 is 17.9 Å². The zero-order valence-corrected chi connectivity index (χ0v) is 52.4. The zero-order valence-electron chi connectivity index (χ0n) is 52.4. The van der Waals surface area contributed by atoms with E-state index >= 15 is 0 Å². The van der Waals surface area contributed by atoms with Crippen molar-refractivity contribution < 1.29 is 28.6 Å². The van der Waals surface area contributed by atoms with Crippen LogP contribution in [0, 0.1) is 0 Å². The molecule has 0 heterocycles. The molecule has 1 atom stereocenters. The van der Waals surface area contributed by atoms with Gasteiger partial charge in [0.15, 0.2) is 6.10 Å². The summed E-state index contributed by atoms with van der Waals surface area (Å²) in [7, 11) is 0. The average Bonchev–Trinajstić information content (AvgIpc) is 3.45. The molecule has 6 heteroatoms. The molecule has 0 aromatic rings. The van der Waals surface area contributed by atoms with Crippen molar-refractivity contribution in [2.24, 2.45) is 0 Å². The molecule has 6 nitrogen and oxygen atoms in total. The van der Waals surface area contributed by atoms with Crippen LogP contribution < -0.4 is 0 Å². The maximum atomic E-state index is 12.9. The van der Waals surface area contributed by atoms with E-state index in [1.165, 1.54) is 199 Å². The number of hydrogen-bond acceptors (Lipinski definition) is 6. The number of rotatable bonds is 62. The molecule has 0 aliphatic heterocycles. The van der Waals surface area contributed by atoms with Crippen molar-refractivity contribution >= 4 is 17.9 Å². The number of ether oxygens (including phenoxy) is 3. The van der Waals surface area contributed by atoms with E-state index < -0.39 is 6.10 Å². The normalized spacial score (nSPS) is 12.6. The molecule has 79 heavy (non-hydrogen) atoms. The van der Waals surface area contributed by atoms with Crippen molar-refractivity contribution in [1.82, 2.24) is 0 Å². The van der Waals surface area contributed by atoms with Gasteiger partial charge in [0.2, 0.25) is 0 Å². The van der Waals surface area contributed by atoms with E-state index in [2.05, 4.69) is 106 Å². The van der Waals surface area contributed by atoms with E-state index in [1.807, 2.05) is 0 Å². The standard InChI is InChI=1S/C73H128O6/c1-4-7-10-13-16-19-22-25-27-29-31-33-35-36-38-39-41-43-45-48-51-54-57-60-63-66-72(75)78-69-70(68-77-71(74)65-62-59-56-53-50-47-24-21-18-15-12-9-6-3)79-73(76)67-64-61-58-55-52-49-46-44-42-40-37-34-32-30-28-26-23-20-17-14-11-8-5-2/h7,10,16,19,23,25-27,30-33,37,40,70H,4-6,8-9,11-15,17-18,20-22,24,28-29,34-36,38-39,41-69H2,1-3H3/b10-7-,19-16-,26-23-,27-25-,32-30-,33-31-,40-37-. The highest BCUT2D eigenvalue weighted by atomic mass is 16.6. The van der Waals surface area contributed by atoms with E-state index in [9.17, 15) is 14.4 Å². The minimum Gasteiger partial charge on any atom is -0.462 e. The third-order valence-corrected chi connectivity index (χ3v) is 14.9. The van der Waals surface area contributed by atoms with Gasteiger partial charge in [0.25, 0.3) is 0 Å². The van der Waals surface area contributed by atoms with Gasteiger partial charge in [-0.25, -0.2) is 0 Å². The SMILES string of the molecule is CC/C=C\C/C=C\C/C=C\C/C=C\CCCCCCCCCCCCCCC(=O)OCC(COC(=O)CCCCCCCCCCCCCCC)OC(=O)CCCCCCCCCC/C=C\C/C=C\C/C=C\CCCCCCC. The Labute approximate surface area is 490 Å². The van der Waals surface area contributed by atoms with E-state index in [4.69, 9.17) is 14.2 Å². The number of unbranched alkanes of at least 4 members (excludes halogenated alkanes) is 37. The molecule has 0 radical (unpaired) electrons. The summed E-state index contributed by atoms with van der Waals surface area (Å²) in [5.41, 5.74) is 0. The summed E-state index contributed by atoms with van der Waals surface area (Å²) >= 11 is 0. The third kappa shape index (κ3) is 65.3. The molecule has 0 spiro atoms. The van der Waals surface area contributed by atoms with Gasteiger partial charge in [-0.2, -0.15) is 0 Å². The van der Waals surface area contributed by atoms with Gasteiger partial charge < -0.3 is 14.2 Å². The average molecular weight is 1100 g/mol. The predicted octanol–water partition coefficient (Wildman–Crippen LogP) is 23.4. The van der Waals surface area contributed by atoms with Gasteiger partial charge in [0.05, 0.1) is 0 Å². The van der Waals surface area contributed by atoms with Gasteiger partial charge in [-0.05, 0) is 96.3 Å².